The summed E-state index contributed by atoms with van der Waals surface area (Å²) in [6.07, 6.45) is 2.02. The number of hydrogen-bond acceptors (Lipinski definition) is 6. The molecule has 0 aromatic carbocycles. The number of rotatable bonds is 7. The summed E-state index contributed by atoms with van der Waals surface area (Å²) in [5.74, 6) is 0.902. The standard InChI is InChI=1S/C17H24N4O4/c1-5-21(11-13(22)19-17(2,3)4)15(23)9-8-14-18-16(20-25-14)12-7-6-10-24-12/h6-7,10H,5,8-9,11H2,1-4H3,(H,19,22). The Morgan fingerprint density at radius 2 is 2.08 bits per heavy atom. The van der Waals surface area contributed by atoms with Gasteiger partial charge in [-0.05, 0) is 39.8 Å². The van der Waals surface area contributed by atoms with Crippen LogP contribution in [0, 0.1) is 0 Å². The Bertz CT molecular complexity index is 701. The summed E-state index contributed by atoms with van der Waals surface area (Å²) in [5, 5.41) is 6.67. The van der Waals surface area contributed by atoms with Crippen LogP contribution >= 0.6 is 0 Å². The number of nitrogens with one attached hydrogen (secondary N) is 1. The second-order valence-corrected chi connectivity index (χ2v) is 6.70. The molecule has 2 aromatic rings. The zero-order chi connectivity index (χ0) is 18.4. The van der Waals surface area contributed by atoms with E-state index < -0.39 is 0 Å². The second-order valence-electron chi connectivity index (χ2n) is 6.70. The maximum Gasteiger partial charge on any atom is 0.240 e. The van der Waals surface area contributed by atoms with Gasteiger partial charge in [0.05, 0.1) is 12.8 Å². The van der Waals surface area contributed by atoms with Crippen LogP contribution in [0.5, 0.6) is 0 Å². The molecule has 2 amide bonds. The minimum Gasteiger partial charge on any atom is -0.461 e. The van der Waals surface area contributed by atoms with Crippen LogP contribution < -0.4 is 5.32 Å². The van der Waals surface area contributed by atoms with E-state index in [1.54, 1.807) is 12.1 Å². The summed E-state index contributed by atoms with van der Waals surface area (Å²) >= 11 is 0. The van der Waals surface area contributed by atoms with Gasteiger partial charge in [0.25, 0.3) is 0 Å². The number of likely N-dealkylation sites (N-methyl/N-ethyl adjacent to an activating group) is 1. The van der Waals surface area contributed by atoms with E-state index in [0.29, 0.717) is 30.4 Å². The van der Waals surface area contributed by atoms with Crippen molar-refractivity contribution in [1.29, 1.82) is 0 Å². The van der Waals surface area contributed by atoms with Crippen molar-refractivity contribution in [3.05, 3.63) is 24.3 Å². The fourth-order valence-corrected chi connectivity index (χ4v) is 2.24. The van der Waals surface area contributed by atoms with Crippen LogP contribution in [-0.4, -0.2) is 45.5 Å². The molecule has 0 aliphatic heterocycles. The predicted molar refractivity (Wildman–Crippen MR) is 90.5 cm³/mol. The molecule has 0 aliphatic carbocycles. The molecule has 0 spiro atoms. The monoisotopic (exact) mass is 348 g/mol. The van der Waals surface area contributed by atoms with Crippen molar-refractivity contribution in [3.63, 3.8) is 0 Å². The molecule has 0 bridgehead atoms. The van der Waals surface area contributed by atoms with Gasteiger partial charge in [-0.25, -0.2) is 0 Å². The Morgan fingerprint density at radius 3 is 2.68 bits per heavy atom. The predicted octanol–water partition coefficient (Wildman–Crippen LogP) is 2.03. The molecule has 0 atom stereocenters. The van der Waals surface area contributed by atoms with Crippen molar-refractivity contribution >= 4 is 11.8 Å². The quantitative estimate of drug-likeness (QED) is 0.821. The van der Waals surface area contributed by atoms with Gasteiger partial charge < -0.3 is 19.2 Å². The Morgan fingerprint density at radius 1 is 1.32 bits per heavy atom. The maximum atomic E-state index is 12.3. The van der Waals surface area contributed by atoms with E-state index in [1.165, 1.54) is 11.2 Å². The number of carbonyl (C=O) groups is 2. The molecule has 2 rings (SSSR count). The Hall–Kier alpha value is -2.64. The first kappa shape index (κ1) is 18.7. The summed E-state index contributed by atoms with van der Waals surface area (Å²) in [6.45, 7) is 8.02. The molecule has 2 aromatic heterocycles. The zero-order valence-corrected chi connectivity index (χ0v) is 15.0. The van der Waals surface area contributed by atoms with Crippen molar-refractivity contribution in [2.24, 2.45) is 0 Å². The van der Waals surface area contributed by atoms with Crippen LogP contribution in [0.4, 0.5) is 0 Å². The number of aryl methyl sites for hydroxylation is 1. The van der Waals surface area contributed by atoms with Crippen LogP contribution in [0.15, 0.2) is 27.3 Å². The molecule has 0 fully saturated rings. The summed E-state index contributed by atoms with van der Waals surface area (Å²) in [6, 6.07) is 3.46. The van der Waals surface area contributed by atoms with Gasteiger partial charge in [0.15, 0.2) is 5.76 Å². The number of carbonyl (C=O) groups excluding carboxylic acids is 2. The fraction of sp³-hybridized carbons (Fsp3) is 0.529. The van der Waals surface area contributed by atoms with Crippen molar-refractivity contribution in [2.45, 2.75) is 46.1 Å². The first-order chi connectivity index (χ1) is 11.8. The van der Waals surface area contributed by atoms with Crippen molar-refractivity contribution in [1.82, 2.24) is 20.4 Å². The van der Waals surface area contributed by atoms with Crippen LogP contribution in [-0.2, 0) is 16.0 Å². The third-order valence-electron chi connectivity index (χ3n) is 3.35. The largest absolute Gasteiger partial charge is 0.461 e. The van der Waals surface area contributed by atoms with Crippen LogP contribution in [0.25, 0.3) is 11.6 Å². The highest BCUT2D eigenvalue weighted by molar-refractivity contribution is 5.85. The molecule has 25 heavy (non-hydrogen) atoms. The SMILES string of the molecule is CCN(CC(=O)NC(C)(C)C)C(=O)CCc1nc(-c2ccco2)no1. The molecular weight excluding hydrogens is 324 g/mol. The highest BCUT2D eigenvalue weighted by atomic mass is 16.5. The average Bonchev–Trinajstić information content (AvgIpc) is 3.19. The van der Waals surface area contributed by atoms with Gasteiger partial charge in [0.1, 0.15) is 0 Å². The lowest BCUT2D eigenvalue weighted by molar-refractivity contribution is -0.136. The van der Waals surface area contributed by atoms with Crippen LogP contribution in [0.1, 0.15) is 40.0 Å². The number of furan rings is 1. The van der Waals surface area contributed by atoms with E-state index in [2.05, 4.69) is 15.5 Å². The summed E-state index contributed by atoms with van der Waals surface area (Å²) in [5.41, 5.74) is -0.328. The third kappa shape index (κ3) is 5.74. The minimum atomic E-state index is -0.328. The lowest BCUT2D eigenvalue weighted by atomic mass is 10.1. The lowest BCUT2D eigenvalue weighted by Gasteiger charge is -2.25. The third-order valence-corrected chi connectivity index (χ3v) is 3.35. The van der Waals surface area contributed by atoms with E-state index in [1.807, 2.05) is 27.7 Å². The number of nitrogens with zero attached hydrogens (tertiary/aromatic N) is 3. The van der Waals surface area contributed by atoms with Crippen molar-refractivity contribution in [3.8, 4) is 11.6 Å². The van der Waals surface area contributed by atoms with Crippen molar-refractivity contribution in [2.75, 3.05) is 13.1 Å². The average molecular weight is 348 g/mol. The maximum absolute atomic E-state index is 12.3. The van der Waals surface area contributed by atoms with Gasteiger partial charge in [-0.15, -0.1) is 0 Å². The molecule has 2 heterocycles. The van der Waals surface area contributed by atoms with Gasteiger partial charge in [0.2, 0.25) is 23.5 Å². The van der Waals surface area contributed by atoms with Crippen molar-refractivity contribution < 1.29 is 18.5 Å². The molecular formula is C17H24N4O4. The molecule has 0 unspecified atom stereocenters. The Labute approximate surface area is 146 Å². The van der Waals surface area contributed by atoms with Crippen LogP contribution in [0.3, 0.4) is 0 Å². The molecule has 0 radical (unpaired) electrons. The normalized spacial score (nSPS) is 11.4. The highest BCUT2D eigenvalue weighted by Crippen LogP contribution is 2.16. The van der Waals surface area contributed by atoms with E-state index in [4.69, 9.17) is 8.94 Å². The highest BCUT2D eigenvalue weighted by Gasteiger charge is 2.20. The van der Waals surface area contributed by atoms with Gasteiger partial charge >= 0.3 is 0 Å². The molecule has 8 heteroatoms. The summed E-state index contributed by atoms with van der Waals surface area (Å²) < 4.78 is 10.3. The van der Waals surface area contributed by atoms with E-state index in [-0.39, 0.29) is 30.3 Å². The van der Waals surface area contributed by atoms with Gasteiger partial charge in [0, 0.05) is 24.9 Å². The Balaban J connectivity index is 1.86. The fourth-order valence-electron chi connectivity index (χ4n) is 2.24. The van der Waals surface area contributed by atoms with E-state index >= 15 is 0 Å². The molecule has 0 saturated carbocycles. The van der Waals surface area contributed by atoms with Gasteiger partial charge in [-0.2, -0.15) is 4.98 Å². The summed E-state index contributed by atoms with van der Waals surface area (Å²) in [7, 11) is 0. The smallest absolute Gasteiger partial charge is 0.240 e. The number of amides is 2. The molecule has 136 valence electrons. The number of aromatic nitrogens is 2. The van der Waals surface area contributed by atoms with Crippen LogP contribution in [0.2, 0.25) is 0 Å². The molecule has 8 nitrogen and oxygen atoms in total. The first-order valence-corrected chi connectivity index (χ1v) is 8.23. The van der Waals surface area contributed by atoms with Gasteiger partial charge in [-0.3, -0.25) is 9.59 Å². The second kappa shape index (κ2) is 7.96. The topological polar surface area (TPSA) is 101 Å². The zero-order valence-electron chi connectivity index (χ0n) is 15.0. The Kier molecular flexibility index (Phi) is 5.95. The molecule has 0 saturated heterocycles. The number of hydrogen-bond donors (Lipinski definition) is 1. The summed E-state index contributed by atoms with van der Waals surface area (Å²) in [4.78, 5) is 30.0. The van der Waals surface area contributed by atoms with Gasteiger partial charge in [-0.1, -0.05) is 5.16 Å². The molecule has 1 N–H and O–H groups in total. The lowest BCUT2D eigenvalue weighted by Crippen LogP contribution is -2.47. The first-order valence-electron chi connectivity index (χ1n) is 8.23. The molecule has 0 aliphatic rings. The van der Waals surface area contributed by atoms with E-state index in [0.717, 1.165) is 0 Å². The minimum absolute atomic E-state index is 0.0358. The van der Waals surface area contributed by atoms with E-state index in [9.17, 15) is 9.59 Å².